The smallest absolute Gasteiger partial charge is 0.429 e. The zero-order valence-corrected chi connectivity index (χ0v) is 16.6. The van der Waals surface area contributed by atoms with Crippen molar-refractivity contribution in [1.29, 1.82) is 0 Å². The van der Waals surface area contributed by atoms with Gasteiger partial charge < -0.3 is 19.3 Å². The number of hydrazine groups is 1. The molecule has 0 saturated carbocycles. The third-order valence-corrected chi connectivity index (χ3v) is 3.38. The SMILES string of the molecule is COC(=O)[C@H](O)CCCN(NC(=O)OC(C)(C)C)C(=O)OCc1ccccc1. The Labute approximate surface area is 164 Å². The Morgan fingerprint density at radius 3 is 2.39 bits per heavy atom. The van der Waals surface area contributed by atoms with Crippen LogP contribution in [0.5, 0.6) is 0 Å². The Hall–Kier alpha value is -2.81. The van der Waals surface area contributed by atoms with Crippen LogP contribution in [0.3, 0.4) is 0 Å². The van der Waals surface area contributed by atoms with Crippen molar-refractivity contribution in [2.75, 3.05) is 13.7 Å². The summed E-state index contributed by atoms with van der Waals surface area (Å²) in [5, 5.41) is 10.6. The van der Waals surface area contributed by atoms with Crippen molar-refractivity contribution >= 4 is 18.2 Å². The number of nitrogens with zero attached hydrogens (tertiary/aromatic N) is 1. The predicted octanol–water partition coefficient (Wildman–Crippen LogP) is 2.38. The summed E-state index contributed by atoms with van der Waals surface area (Å²) >= 11 is 0. The molecule has 0 aromatic heterocycles. The lowest BCUT2D eigenvalue weighted by Gasteiger charge is -2.26. The highest BCUT2D eigenvalue weighted by Crippen LogP contribution is 2.09. The van der Waals surface area contributed by atoms with Gasteiger partial charge in [0, 0.05) is 6.54 Å². The molecule has 0 heterocycles. The van der Waals surface area contributed by atoms with Crippen molar-refractivity contribution in [3.8, 4) is 0 Å². The quantitative estimate of drug-likeness (QED) is 0.413. The maximum atomic E-state index is 12.4. The van der Waals surface area contributed by atoms with Gasteiger partial charge in [-0.2, -0.15) is 0 Å². The second-order valence-electron chi connectivity index (χ2n) is 6.99. The van der Waals surface area contributed by atoms with Gasteiger partial charge in [-0.25, -0.2) is 24.8 Å². The molecule has 156 valence electrons. The van der Waals surface area contributed by atoms with E-state index in [9.17, 15) is 19.5 Å². The first-order valence-corrected chi connectivity index (χ1v) is 8.86. The van der Waals surface area contributed by atoms with Crippen molar-refractivity contribution in [2.24, 2.45) is 0 Å². The van der Waals surface area contributed by atoms with Gasteiger partial charge in [0.15, 0.2) is 6.10 Å². The van der Waals surface area contributed by atoms with E-state index in [1.54, 1.807) is 32.9 Å². The lowest BCUT2D eigenvalue weighted by Crippen LogP contribution is -2.48. The van der Waals surface area contributed by atoms with Crippen LogP contribution in [0, 0.1) is 0 Å². The van der Waals surface area contributed by atoms with Crippen LogP contribution in [0.4, 0.5) is 9.59 Å². The molecule has 0 unspecified atom stereocenters. The monoisotopic (exact) mass is 396 g/mol. The molecule has 0 radical (unpaired) electrons. The van der Waals surface area contributed by atoms with Gasteiger partial charge in [0.1, 0.15) is 12.2 Å². The Morgan fingerprint density at radius 2 is 1.82 bits per heavy atom. The van der Waals surface area contributed by atoms with Crippen molar-refractivity contribution in [2.45, 2.75) is 51.9 Å². The van der Waals surface area contributed by atoms with Crippen molar-refractivity contribution in [1.82, 2.24) is 10.4 Å². The summed E-state index contributed by atoms with van der Waals surface area (Å²) in [6, 6.07) is 9.06. The van der Waals surface area contributed by atoms with E-state index in [0.717, 1.165) is 10.6 Å². The molecule has 1 atom stereocenters. The van der Waals surface area contributed by atoms with Gasteiger partial charge in [-0.15, -0.1) is 0 Å². The second kappa shape index (κ2) is 11.1. The molecule has 0 aliphatic rings. The average molecular weight is 396 g/mol. The van der Waals surface area contributed by atoms with Crippen LogP contribution in [-0.4, -0.2) is 53.6 Å². The number of nitrogens with one attached hydrogen (secondary N) is 1. The van der Waals surface area contributed by atoms with Crippen LogP contribution in [0.15, 0.2) is 30.3 Å². The largest absolute Gasteiger partial charge is 0.467 e. The van der Waals surface area contributed by atoms with E-state index in [1.807, 2.05) is 18.2 Å². The molecule has 1 rings (SSSR count). The molecule has 0 spiro atoms. The molecule has 2 amide bonds. The van der Waals surface area contributed by atoms with Crippen molar-refractivity contribution in [3.05, 3.63) is 35.9 Å². The topological polar surface area (TPSA) is 114 Å². The van der Waals surface area contributed by atoms with Gasteiger partial charge in [0.05, 0.1) is 7.11 Å². The number of methoxy groups -OCH3 is 1. The number of rotatable bonds is 7. The van der Waals surface area contributed by atoms with E-state index in [0.29, 0.717) is 0 Å². The van der Waals surface area contributed by atoms with Crippen LogP contribution in [0.2, 0.25) is 0 Å². The van der Waals surface area contributed by atoms with E-state index in [4.69, 9.17) is 9.47 Å². The summed E-state index contributed by atoms with van der Waals surface area (Å²) in [5.41, 5.74) is 2.37. The summed E-state index contributed by atoms with van der Waals surface area (Å²) in [7, 11) is 1.17. The summed E-state index contributed by atoms with van der Waals surface area (Å²) in [6.45, 7) is 5.10. The van der Waals surface area contributed by atoms with Crippen LogP contribution in [0.25, 0.3) is 0 Å². The highest BCUT2D eigenvalue weighted by molar-refractivity contribution is 5.74. The maximum Gasteiger partial charge on any atom is 0.429 e. The molecule has 0 saturated heterocycles. The second-order valence-corrected chi connectivity index (χ2v) is 6.99. The first-order valence-electron chi connectivity index (χ1n) is 8.86. The van der Waals surface area contributed by atoms with Crippen molar-refractivity contribution in [3.63, 3.8) is 0 Å². The summed E-state index contributed by atoms with van der Waals surface area (Å²) < 4.78 is 14.8. The lowest BCUT2D eigenvalue weighted by atomic mass is 10.2. The highest BCUT2D eigenvalue weighted by atomic mass is 16.6. The van der Waals surface area contributed by atoms with Crippen LogP contribution >= 0.6 is 0 Å². The number of amides is 2. The number of carbonyl (C=O) groups is 3. The summed E-state index contributed by atoms with van der Waals surface area (Å²) in [6.07, 6.45) is -2.66. The first-order chi connectivity index (χ1) is 13.1. The zero-order valence-electron chi connectivity index (χ0n) is 16.6. The molecule has 1 aromatic carbocycles. The molecule has 9 nitrogen and oxygen atoms in total. The van der Waals surface area contributed by atoms with E-state index < -0.39 is 29.9 Å². The molecule has 0 bridgehead atoms. The maximum absolute atomic E-state index is 12.4. The van der Waals surface area contributed by atoms with Crippen LogP contribution in [-0.2, 0) is 25.6 Å². The molecule has 1 aromatic rings. The van der Waals surface area contributed by atoms with E-state index in [2.05, 4.69) is 10.2 Å². The normalized spacial score (nSPS) is 11.9. The fourth-order valence-electron chi connectivity index (χ4n) is 2.10. The molecule has 0 aliphatic carbocycles. The van der Waals surface area contributed by atoms with Gasteiger partial charge in [0.2, 0.25) is 0 Å². The standard InChI is InChI=1S/C19H28N2O7/c1-19(2,3)28-17(24)20-21(12-8-11-15(22)16(23)26-4)18(25)27-13-14-9-6-5-7-10-14/h5-7,9-10,15,22H,8,11-13H2,1-4H3,(H,20,24)/t15-/m1/s1. The zero-order chi connectivity index (χ0) is 21.2. The molecule has 9 heteroatoms. The number of aliphatic hydroxyl groups excluding tert-OH is 1. The van der Waals surface area contributed by atoms with E-state index in [1.165, 1.54) is 7.11 Å². The number of carbonyl (C=O) groups excluding carboxylic acids is 3. The van der Waals surface area contributed by atoms with Crippen LogP contribution in [0.1, 0.15) is 39.2 Å². The van der Waals surface area contributed by atoms with Gasteiger partial charge in [-0.1, -0.05) is 30.3 Å². The third-order valence-electron chi connectivity index (χ3n) is 3.38. The summed E-state index contributed by atoms with van der Waals surface area (Å²) in [4.78, 5) is 35.6. The highest BCUT2D eigenvalue weighted by Gasteiger charge is 2.23. The van der Waals surface area contributed by atoms with Crippen LogP contribution < -0.4 is 5.43 Å². The van der Waals surface area contributed by atoms with Gasteiger partial charge in [0.25, 0.3) is 0 Å². The summed E-state index contributed by atoms with van der Waals surface area (Å²) in [5.74, 6) is -0.765. The molecule has 2 N–H and O–H groups in total. The lowest BCUT2D eigenvalue weighted by molar-refractivity contribution is -0.150. The predicted molar refractivity (Wildman–Crippen MR) is 100.0 cm³/mol. The minimum Gasteiger partial charge on any atom is -0.467 e. The third kappa shape index (κ3) is 9.22. The molecule has 0 fully saturated rings. The van der Waals surface area contributed by atoms with Gasteiger partial charge in [-0.3, -0.25) is 0 Å². The Morgan fingerprint density at radius 1 is 1.18 bits per heavy atom. The number of benzene rings is 1. The van der Waals surface area contributed by atoms with E-state index >= 15 is 0 Å². The van der Waals surface area contributed by atoms with Gasteiger partial charge >= 0.3 is 18.2 Å². The van der Waals surface area contributed by atoms with Crippen molar-refractivity contribution < 1.29 is 33.7 Å². The molecule has 0 aliphatic heterocycles. The average Bonchev–Trinajstić information content (AvgIpc) is 2.63. The Balaban J connectivity index is 2.66. The van der Waals surface area contributed by atoms with E-state index in [-0.39, 0.29) is 26.0 Å². The first kappa shape index (κ1) is 23.2. The fraction of sp³-hybridized carbons (Fsp3) is 0.526. The minimum absolute atomic E-state index is 0.000913. The molecular formula is C19H28N2O7. The number of esters is 1. The molecule has 28 heavy (non-hydrogen) atoms. The Bertz CT molecular complexity index is 643. The fourth-order valence-corrected chi connectivity index (χ4v) is 2.10. The minimum atomic E-state index is -1.31. The van der Waals surface area contributed by atoms with Gasteiger partial charge in [-0.05, 0) is 39.2 Å². The number of hydrogen-bond acceptors (Lipinski definition) is 7. The molecular weight excluding hydrogens is 368 g/mol. The Kier molecular flexibility index (Phi) is 9.23. The number of aliphatic hydroxyl groups is 1. The number of hydrogen-bond donors (Lipinski definition) is 2. The number of ether oxygens (including phenoxy) is 3.